The first-order valence-electron chi connectivity index (χ1n) is 4.70. The molecule has 3 nitrogen and oxygen atoms in total. The summed E-state index contributed by atoms with van der Waals surface area (Å²) in [5.74, 6) is 0.431. The van der Waals surface area contributed by atoms with E-state index >= 15 is 0 Å². The van der Waals surface area contributed by atoms with Crippen molar-refractivity contribution in [3.05, 3.63) is 28.0 Å². The lowest BCUT2D eigenvalue weighted by Crippen LogP contribution is -2.26. The summed E-state index contributed by atoms with van der Waals surface area (Å²) >= 11 is 11.4. The Bertz CT molecular complexity index is 408. The molecule has 2 rings (SSSR count). The topological polar surface area (TPSA) is 42.0 Å². The summed E-state index contributed by atoms with van der Waals surface area (Å²) < 4.78 is 0. The molecule has 1 aliphatic rings. The van der Waals surface area contributed by atoms with Crippen molar-refractivity contribution in [3.63, 3.8) is 0 Å². The Morgan fingerprint density at radius 1 is 1.60 bits per heavy atom. The van der Waals surface area contributed by atoms with Gasteiger partial charge < -0.3 is 5.32 Å². The lowest BCUT2D eigenvalue weighted by molar-refractivity contribution is 0.0949. The van der Waals surface area contributed by atoms with Gasteiger partial charge in [-0.05, 0) is 18.4 Å². The fourth-order valence-electron chi connectivity index (χ4n) is 1.32. The highest BCUT2D eigenvalue weighted by Crippen LogP contribution is 2.29. The fourth-order valence-corrected chi connectivity index (χ4v) is 1.59. The van der Waals surface area contributed by atoms with Gasteiger partial charge in [-0.3, -0.25) is 4.79 Å². The van der Waals surface area contributed by atoms with Gasteiger partial charge in [0.05, 0.1) is 10.6 Å². The molecule has 1 aromatic heterocycles. The van der Waals surface area contributed by atoms with E-state index in [1.165, 1.54) is 12.3 Å². The number of rotatable bonds is 2. The van der Waals surface area contributed by atoms with Crippen LogP contribution in [0.25, 0.3) is 0 Å². The first-order valence-corrected chi connectivity index (χ1v) is 5.45. The van der Waals surface area contributed by atoms with E-state index in [-0.39, 0.29) is 11.1 Å². The Labute approximate surface area is 97.8 Å². The summed E-state index contributed by atoms with van der Waals surface area (Å²) in [5.41, 5.74) is 0.448. The maximum Gasteiger partial charge on any atom is 0.253 e. The number of pyridine rings is 1. The average molecular weight is 245 g/mol. The third-order valence-corrected chi connectivity index (χ3v) is 3.17. The van der Waals surface area contributed by atoms with Gasteiger partial charge in [-0.1, -0.05) is 30.1 Å². The summed E-state index contributed by atoms with van der Waals surface area (Å²) in [6, 6.07) is 1.83. The zero-order chi connectivity index (χ0) is 11.0. The molecule has 0 spiro atoms. The van der Waals surface area contributed by atoms with E-state index in [0.717, 1.165) is 6.42 Å². The minimum Gasteiger partial charge on any atom is -0.349 e. The minimum absolute atomic E-state index is 0.143. The first kappa shape index (κ1) is 10.7. The van der Waals surface area contributed by atoms with Crippen LogP contribution in [0.3, 0.4) is 0 Å². The van der Waals surface area contributed by atoms with Gasteiger partial charge >= 0.3 is 0 Å². The molecule has 1 saturated carbocycles. The fraction of sp³-hybridized carbons (Fsp3) is 0.400. The van der Waals surface area contributed by atoms with Crippen LogP contribution >= 0.6 is 23.2 Å². The van der Waals surface area contributed by atoms with Crippen molar-refractivity contribution >= 4 is 29.1 Å². The van der Waals surface area contributed by atoms with E-state index < -0.39 is 0 Å². The predicted octanol–water partition coefficient (Wildman–Crippen LogP) is 2.53. The van der Waals surface area contributed by atoms with Gasteiger partial charge in [-0.25, -0.2) is 4.98 Å². The van der Waals surface area contributed by atoms with E-state index in [2.05, 4.69) is 17.2 Å². The SMILES string of the molecule is CC1CC1NC(=O)c1cnc(Cl)c(Cl)c1. The van der Waals surface area contributed by atoms with Crippen molar-refractivity contribution in [3.8, 4) is 0 Å². The molecular formula is C10H10Cl2N2O. The van der Waals surface area contributed by atoms with Crippen LogP contribution in [0.5, 0.6) is 0 Å². The third kappa shape index (κ3) is 2.41. The number of hydrogen-bond acceptors (Lipinski definition) is 2. The average Bonchev–Trinajstić information content (AvgIpc) is 2.86. The van der Waals surface area contributed by atoms with E-state index in [1.54, 1.807) is 0 Å². The molecule has 2 atom stereocenters. The smallest absolute Gasteiger partial charge is 0.253 e. The molecule has 1 N–H and O–H groups in total. The first-order chi connectivity index (χ1) is 7.08. The second-order valence-electron chi connectivity index (χ2n) is 3.79. The second-order valence-corrected chi connectivity index (χ2v) is 4.55. The van der Waals surface area contributed by atoms with E-state index in [4.69, 9.17) is 23.2 Å². The number of hydrogen-bond donors (Lipinski definition) is 1. The maximum atomic E-state index is 11.7. The molecule has 80 valence electrons. The van der Waals surface area contributed by atoms with E-state index in [0.29, 0.717) is 22.5 Å². The van der Waals surface area contributed by atoms with Gasteiger partial charge in [0, 0.05) is 12.2 Å². The molecule has 15 heavy (non-hydrogen) atoms. The van der Waals surface area contributed by atoms with Gasteiger partial charge in [-0.2, -0.15) is 0 Å². The Kier molecular flexibility index (Phi) is 2.85. The Morgan fingerprint density at radius 2 is 2.27 bits per heavy atom. The van der Waals surface area contributed by atoms with Gasteiger partial charge in [0.1, 0.15) is 5.15 Å². The molecule has 0 aromatic carbocycles. The lowest BCUT2D eigenvalue weighted by Gasteiger charge is -2.04. The van der Waals surface area contributed by atoms with Gasteiger partial charge in [0.15, 0.2) is 0 Å². The van der Waals surface area contributed by atoms with Crippen LogP contribution in [0.4, 0.5) is 0 Å². The number of aromatic nitrogens is 1. The summed E-state index contributed by atoms with van der Waals surface area (Å²) in [5, 5.41) is 3.40. The summed E-state index contributed by atoms with van der Waals surface area (Å²) in [4.78, 5) is 15.5. The number of carbonyl (C=O) groups is 1. The van der Waals surface area contributed by atoms with E-state index in [9.17, 15) is 4.79 Å². The van der Waals surface area contributed by atoms with Gasteiger partial charge in [-0.15, -0.1) is 0 Å². The van der Waals surface area contributed by atoms with Gasteiger partial charge in [0.25, 0.3) is 5.91 Å². The molecule has 1 aromatic rings. The molecule has 5 heteroatoms. The molecule has 0 bridgehead atoms. The Morgan fingerprint density at radius 3 is 2.80 bits per heavy atom. The van der Waals surface area contributed by atoms with Crippen molar-refractivity contribution in [2.24, 2.45) is 5.92 Å². The van der Waals surface area contributed by atoms with Crippen LogP contribution in [0.2, 0.25) is 10.2 Å². The molecular weight excluding hydrogens is 235 g/mol. The molecule has 0 radical (unpaired) electrons. The zero-order valence-corrected chi connectivity index (χ0v) is 9.64. The number of halogens is 2. The molecule has 0 aliphatic heterocycles. The highest BCUT2D eigenvalue weighted by molar-refractivity contribution is 6.41. The molecule has 0 saturated heterocycles. The number of amides is 1. The highest BCUT2D eigenvalue weighted by Gasteiger charge is 2.34. The Hall–Kier alpha value is -0.800. The summed E-state index contributed by atoms with van der Waals surface area (Å²) in [6.07, 6.45) is 2.47. The van der Waals surface area contributed by atoms with Crippen molar-refractivity contribution in [2.75, 3.05) is 0 Å². The Balaban J connectivity index is 2.08. The third-order valence-electron chi connectivity index (χ3n) is 2.48. The number of nitrogens with zero attached hydrogens (tertiary/aromatic N) is 1. The minimum atomic E-state index is -0.143. The quantitative estimate of drug-likeness (QED) is 0.813. The molecule has 1 aliphatic carbocycles. The molecule has 1 fully saturated rings. The van der Waals surface area contributed by atoms with Crippen LogP contribution in [-0.4, -0.2) is 16.9 Å². The molecule has 2 unspecified atom stereocenters. The monoisotopic (exact) mass is 244 g/mol. The number of nitrogens with one attached hydrogen (secondary N) is 1. The maximum absolute atomic E-state index is 11.7. The number of carbonyl (C=O) groups excluding carboxylic acids is 1. The van der Waals surface area contributed by atoms with Crippen LogP contribution in [-0.2, 0) is 0 Å². The molecule has 1 amide bonds. The normalized spacial score (nSPS) is 23.7. The van der Waals surface area contributed by atoms with Crippen LogP contribution in [0.15, 0.2) is 12.3 Å². The lowest BCUT2D eigenvalue weighted by atomic mass is 10.2. The standard InChI is InChI=1S/C10H10Cl2N2O/c1-5-2-8(5)14-10(15)6-3-7(11)9(12)13-4-6/h3-5,8H,2H2,1H3,(H,14,15). The van der Waals surface area contributed by atoms with Crippen molar-refractivity contribution in [2.45, 2.75) is 19.4 Å². The van der Waals surface area contributed by atoms with Crippen molar-refractivity contribution in [1.29, 1.82) is 0 Å². The van der Waals surface area contributed by atoms with Gasteiger partial charge in [0.2, 0.25) is 0 Å². The second kappa shape index (κ2) is 3.99. The predicted molar refractivity (Wildman–Crippen MR) is 59.3 cm³/mol. The highest BCUT2D eigenvalue weighted by atomic mass is 35.5. The molecule has 1 heterocycles. The van der Waals surface area contributed by atoms with E-state index in [1.807, 2.05) is 0 Å². The van der Waals surface area contributed by atoms with Crippen molar-refractivity contribution < 1.29 is 4.79 Å². The van der Waals surface area contributed by atoms with Crippen LogP contribution < -0.4 is 5.32 Å². The van der Waals surface area contributed by atoms with Crippen LogP contribution in [0.1, 0.15) is 23.7 Å². The summed E-state index contributed by atoms with van der Waals surface area (Å²) in [6.45, 7) is 2.10. The largest absolute Gasteiger partial charge is 0.349 e. The zero-order valence-electron chi connectivity index (χ0n) is 8.13. The summed E-state index contributed by atoms with van der Waals surface area (Å²) in [7, 11) is 0. The van der Waals surface area contributed by atoms with Crippen LogP contribution in [0, 0.1) is 5.92 Å². The van der Waals surface area contributed by atoms with Crippen molar-refractivity contribution in [1.82, 2.24) is 10.3 Å².